The summed E-state index contributed by atoms with van der Waals surface area (Å²) in [6.45, 7) is 0. The number of nitrogens with one attached hydrogen (secondary N) is 2. The highest BCUT2D eigenvalue weighted by Crippen LogP contribution is 2.60. The molecule has 7 rings (SSSR count). The number of imidazole rings is 1. The number of nitrogens with two attached hydrogens (primary N) is 1. The van der Waals surface area contributed by atoms with Gasteiger partial charge in [-0.25, -0.2) is 9.37 Å². The summed E-state index contributed by atoms with van der Waals surface area (Å²) in [5, 5.41) is 19.3. The van der Waals surface area contributed by atoms with Gasteiger partial charge < -0.3 is 20.7 Å². The highest BCUT2D eigenvalue weighted by molar-refractivity contribution is 6.31. The van der Waals surface area contributed by atoms with E-state index in [1.165, 1.54) is 29.2 Å². The fraction of sp³-hybridized carbons (Fsp3) is 0.154. The highest BCUT2D eigenvalue weighted by atomic mass is 35.5. The Morgan fingerprint density at radius 1 is 1.15 bits per heavy atom. The molecule has 0 saturated heterocycles. The van der Waals surface area contributed by atoms with Crippen LogP contribution in [0, 0.1) is 23.1 Å². The average Bonchev–Trinajstić information content (AvgIpc) is 3.22. The van der Waals surface area contributed by atoms with Gasteiger partial charge in [-0.15, -0.1) is 5.10 Å². The van der Waals surface area contributed by atoms with E-state index in [1.807, 2.05) is 6.07 Å². The number of anilines is 1. The first-order chi connectivity index (χ1) is 18.9. The number of aromatic amines is 1. The van der Waals surface area contributed by atoms with Gasteiger partial charge >= 0.3 is 0 Å². The van der Waals surface area contributed by atoms with Gasteiger partial charge in [-0.2, -0.15) is 9.07 Å². The molecule has 1 saturated carbocycles. The van der Waals surface area contributed by atoms with E-state index in [9.17, 15) is 4.79 Å². The lowest BCUT2D eigenvalue weighted by atomic mass is 10.0. The first-order valence-electron chi connectivity index (χ1n) is 12.0. The predicted octanol–water partition coefficient (Wildman–Crippen LogP) is 4.10. The number of halogens is 3. The molecule has 0 spiro atoms. The van der Waals surface area contributed by atoms with Crippen molar-refractivity contribution in [3.63, 3.8) is 0 Å². The fourth-order valence-electron chi connectivity index (χ4n) is 5.60. The maximum absolute atomic E-state index is 15.1. The summed E-state index contributed by atoms with van der Waals surface area (Å²) in [5.41, 5.74) is 7.83. The molecular formula is C26H18ClF2N9O. The van der Waals surface area contributed by atoms with Crippen molar-refractivity contribution >= 4 is 23.5 Å². The lowest BCUT2D eigenvalue weighted by molar-refractivity contribution is 0.504. The fourth-order valence-corrected chi connectivity index (χ4v) is 5.77. The van der Waals surface area contributed by atoms with Crippen LogP contribution in [0.15, 0.2) is 53.6 Å². The van der Waals surface area contributed by atoms with Crippen LogP contribution in [-0.2, 0) is 0 Å². The Balaban J connectivity index is 1.33. The van der Waals surface area contributed by atoms with Gasteiger partial charge in [0.05, 0.1) is 17.3 Å². The Labute approximate surface area is 223 Å². The van der Waals surface area contributed by atoms with E-state index in [0.717, 1.165) is 18.3 Å². The zero-order valence-electron chi connectivity index (χ0n) is 19.9. The van der Waals surface area contributed by atoms with Crippen molar-refractivity contribution in [3.8, 4) is 28.1 Å². The molecule has 5 aromatic rings. The molecule has 3 unspecified atom stereocenters. The Morgan fingerprint density at radius 3 is 2.77 bits per heavy atom. The van der Waals surface area contributed by atoms with Crippen molar-refractivity contribution < 1.29 is 8.78 Å². The van der Waals surface area contributed by atoms with Crippen LogP contribution < -0.4 is 11.3 Å². The van der Waals surface area contributed by atoms with E-state index in [4.69, 9.17) is 22.7 Å². The van der Waals surface area contributed by atoms with Gasteiger partial charge in [0.2, 0.25) is 5.95 Å². The van der Waals surface area contributed by atoms with Crippen molar-refractivity contribution in [1.29, 1.82) is 5.41 Å². The standard InChI is InChI=1S/C26H18ClF2N9O/c27-12-1-4-19(37-10-32-35-36-37)14(7-12)11-5-20-15-8-16(15)24(38(20)21(39)6-11)26-33-23(25(29)34-26)13-2-3-18(31)17(9-30)22(13)28/h1-7,9-10,15-16,24,30H,8,31H2,(H,33,34). The number of hydrogen-bond donors (Lipinski definition) is 3. The summed E-state index contributed by atoms with van der Waals surface area (Å²) in [6, 6.07) is 10.9. The largest absolute Gasteiger partial charge is 0.398 e. The van der Waals surface area contributed by atoms with Crippen molar-refractivity contribution in [2.24, 2.45) is 5.92 Å². The molecule has 2 aromatic carbocycles. The van der Waals surface area contributed by atoms with Gasteiger partial charge in [-0.05, 0) is 64.7 Å². The van der Waals surface area contributed by atoms with Gasteiger partial charge in [0.1, 0.15) is 23.7 Å². The molecule has 10 nitrogen and oxygen atoms in total. The Bertz CT molecular complexity index is 1860. The van der Waals surface area contributed by atoms with Crippen LogP contribution in [0.5, 0.6) is 0 Å². The molecule has 1 aliphatic heterocycles. The molecule has 4 heterocycles. The lowest BCUT2D eigenvalue weighted by Crippen LogP contribution is -2.26. The van der Waals surface area contributed by atoms with Crippen LogP contribution in [0.1, 0.15) is 35.5 Å². The van der Waals surface area contributed by atoms with Crippen LogP contribution in [0.3, 0.4) is 0 Å². The van der Waals surface area contributed by atoms with Crippen LogP contribution in [-0.4, -0.2) is 41.0 Å². The Morgan fingerprint density at radius 2 is 2.00 bits per heavy atom. The topological polar surface area (TPSA) is 144 Å². The summed E-state index contributed by atoms with van der Waals surface area (Å²) in [7, 11) is 0. The molecule has 3 aromatic heterocycles. The zero-order valence-corrected chi connectivity index (χ0v) is 20.7. The molecule has 13 heteroatoms. The van der Waals surface area contributed by atoms with Crippen LogP contribution in [0.4, 0.5) is 14.5 Å². The molecule has 39 heavy (non-hydrogen) atoms. The average molecular weight is 546 g/mol. The second-order valence-corrected chi connectivity index (χ2v) is 10.0. The number of fused-ring (bicyclic) bond motifs is 3. The molecule has 0 bridgehead atoms. The quantitative estimate of drug-likeness (QED) is 0.224. The number of rotatable bonds is 5. The van der Waals surface area contributed by atoms with Crippen LogP contribution >= 0.6 is 11.6 Å². The van der Waals surface area contributed by atoms with Gasteiger partial charge in [0.25, 0.3) is 5.56 Å². The predicted molar refractivity (Wildman–Crippen MR) is 139 cm³/mol. The lowest BCUT2D eigenvalue weighted by Gasteiger charge is -2.17. The smallest absolute Gasteiger partial charge is 0.252 e. The third-order valence-corrected chi connectivity index (χ3v) is 7.67. The maximum atomic E-state index is 15.1. The second-order valence-electron chi connectivity index (χ2n) is 9.60. The van der Waals surface area contributed by atoms with Crippen molar-refractivity contribution in [3.05, 3.63) is 93.0 Å². The summed E-state index contributed by atoms with van der Waals surface area (Å²) in [5.74, 6) is -1.30. The molecule has 2 aliphatic rings. The van der Waals surface area contributed by atoms with Gasteiger partial charge in [0.15, 0.2) is 0 Å². The molecule has 194 valence electrons. The minimum Gasteiger partial charge on any atom is -0.398 e. The number of H-pyrrole nitrogens is 1. The first-order valence-corrected chi connectivity index (χ1v) is 12.4. The number of pyridine rings is 1. The van der Waals surface area contributed by atoms with Crippen molar-refractivity contribution in [2.75, 3.05) is 5.73 Å². The molecule has 0 amide bonds. The normalized spacial score (nSPS) is 19.1. The molecule has 0 radical (unpaired) electrons. The first kappa shape index (κ1) is 23.4. The summed E-state index contributed by atoms with van der Waals surface area (Å²) < 4.78 is 33.2. The van der Waals surface area contributed by atoms with Gasteiger partial charge in [0, 0.05) is 45.7 Å². The molecule has 3 atom stereocenters. The Kier molecular flexibility index (Phi) is 5.04. The zero-order chi connectivity index (χ0) is 27.0. The van der Waals surface area contributed by atoms with Crippen LogP contribution in [0.2, 0.25) is 5.02 Å². The third kappa shape index (κ3) is 3.52. The molecule has 1 fully saturated rings. The van der Waals surface area contributed by atoms with E-state index in [0.29, 0.717) is 21.8 Å². The number of tetrazole rings is 1. The SMILES string of the molecule is N=Cc1c(N)ccc(-c2nc(C3C4CC4c4cc(-c5cc(Cl)ccc5-n5cnnn5)cc(=O)n43)[nH]c2F)c1F. The molecule has 4 N–H and O–H groups in total. The Hall–Kier alpha value is -4.71. The number of hydrogen-bond acceptors (Lipinski definition) is 7. The van der Waals surface area contributed by atoms with Crippen molar-refractivity contribution in [2.45, 2.75) is 18.4 Å². The highest BCUT2D eigenvalue weighted by Gasteiger charge is 2.54. The van der Waals surface area contributed by atoms with Gasteiger partial charge in [-0.1, -0.05) is 11.6 Å². The number of benzene rings is 2. The number of nitrogens with zero attached hydrogens (tertiary/aromatic N) is 6. The van der Waals surface area contributed by atoms with Gasteiger partial charge in [-0.3, -0.25) is 4.79 Å². The number of nitrogen functional groups attached to an aromatic ring is 1. The summed E-state index contributed by atoms with van der Waals surface area (Å²) in [6.07, 6.45) is 3.04. The van der Waals surface area contributed by atoms with Crippen LogP contribution in [0.25, 0.3) is 28.1 Å². The summed E-state index contributed by atoms with van der Waals surface area (Å²) in [4.78, 5) is 20.6. The van der Waals surface area contributed by atoms with E-state index in [-0.39, 0.29) is 45.7 Å². The summed E-state index contributed by atoms with van der Waals surface area (Å²) >= 11 is 6.29. The third-order valence-electron chi connectivity index (χ3n) is 7.44. The minimum absolute atomic E-state index is 0.0399. The minimum atomic E-state index is -0.834. The van der Waals surface area contributed by atoms with Crippen molar-refractivity contribution in [1.82, 2.24) is 34.7 Å². The van der Waals surface area contributed by atoms with E-state index < -0.39 is 17.8 Å². The molecular weight excluding hydrogens is 528 g/mol. The number of aromatic nitrogens is 7. The van der Waals surface area contributed by atoms with E-state index in [1.54, 1.807) is 22.8 Å². The maximum Gasteiger partial charge on any atom is 0.252 e. The second kappa shape index (κ2) is 8.40. The van der Waals surface area contributed by atoms with E-state index >= 15 is 8.78 Å². The monoisotopic (exact) mass is 545 g/mol. The molecule has 1 aliphatic carbocycles. The van der Waals surface area contributed by atoms with E-state index in [2.05, 4.69) is 25.5 Å².